The molecule has 1 aliphatic heterocycles. The van der Waals surface area contributed by atoms with Gasteiger partial charge in [-0.1, -0.05) is 11.6 Å². The highest BCUT2D eigenvalue weighted by molar-refractivity contribution is 4.95. The summed E-state index contributed by atoms with van der Waals surface area (Å²) in [6, 6.07) is 0. The smallest absolute Gasteiger partial charge is 0.0471 e. The predicted octanol–water partition coefficient (Wildman–Crippen LogP) is 1.27. The zero-order valence-electron chi connectivity index (χ0n) is 8.08. The summed E-state index contributed by atoms with van der Waals surface area (Å²) in [5.74, 6) is 0.524. The molecule has 1 fully saturated rings. The number of hydrogen-bond acceptors (Lipinski definition) is 2. The molecule has 0 spiro atoms. The Morgan fingerprint density at radius 3 is 2.83 bits per heavy atom. The van der Waals surface area contributed by atoms with Gasteiger partial charge in [-0.25, -0.2) is 0 Å². The van der Waals surface area contributed by atoms with Gasteiger partial charge < -0.3 is 5.11 Å². The zero-order chi connectivity index (χ0) is 8.97. The fraction of sp³-hybridized carbons (Fsp3) is 0.800. The van der Waals surface area contributed by atoms with Gasteiger partial charge in [-0.15, -0.1) is 0 Å². The number of aliphatic hydroxyl groups is 1. The van der Waals surface area contributed by atoms with Crippen molar-refractivity contribution in [2.45, 2.75) is 20.3 Å². The van der Waals surface area contributed by atoms with Crippen LogP contribution in [-0.2, 0) is 0 Å². The highest BCUT2D eigenvalue weighted by Gasteiger charge is 2.20. The van der Waals surface area contributed by atoms with Crippen molar-refractivity contribution in [2.75, 3.05) is 26.2 Å². The third kappa shape index (κ3) is 2.95. The molecule has 0 radical (unpaired) electrons. The molecule has 0 aromatic rings. The van der Waals surface area contributed by atoms with Gasteiger partial charge in [0.25, 0.3) is 0 Å². The second kappa shape index (κ2) is 4.63. The van der Waals surface area contributed by atoms with Crippen LogP contribution in [0.25, 0.3) is 0 Å². The molecule has 0 amide bonds. The highest BCUT2D eigenvalue weighted by atomic mass is 16.3. The van der Waals surface area contributed by atoms with Crippen LogP contribution in [0.5, 0.6) is 0 Å². The van der Waals surface area contributed by atoms with Gasteiger partial charge in [-0.05, 0) is 32.7 Å². The van der Waals surface area contributed by atoms with E-state index in [4.69, 9.17) is 5.11 Å². The highest BCUT2D eigenvalue weighted by Crippen LogP contribution is 2.14. The summed E-state index contributed by atoms with van der Waals surface area (Å²) in [6.07, 6.45) is 3.41. The van der Waals surface area contributed by atoms with Gasteiger partial charge in [0.15, 0.2) is 0 Å². The molecule has 0 bridgehead atoms. The Bertz CT molecular complexity index is 161. The van der Waals surface area contributed by atoms with Crippen molar-refractivity contribution in [2.24, 2.45) is 5.92 Å². The van der Waals surface area contributed by atoms with Gasteiger partial charge in [0.2, 0.25) is 0 Å². The van der Waals surface area contributed by atoms with E-state index in [9.17, 15) is 0 Å². The van der Waals surface area contributed by atoms with Crippen LogP contribution in [0, 0.1) is 5.92 Å². The molecule has 1 N–H and O–H groups in total. The fourth-order valence-corrected chi connectivity index (χ4v) is 1.54. The van der Waals surface area contributed by atoms with Crippen LogP contribution in [0.2, 0.25) is 0 Å². The lowest BCUT2D eigenvalue weighted by Gasteiger charge is -2.12. The SMILES string of the molecule is CC(C)=CCN1CCC(CO)C1. The molecule has 1 aliphatic rings. The van der Waals surface area contributed by atoms with Crippen LogP contribution in [0.4, 0.5) is 0 Å². The Kier molecular flexibility index (Phi) is 3.76. The minimum atomic E-state index is 0.353. The van der Waals surface area contributed by atoms with Crippen molar-refractivity contribution in [1.82, 2.24) is 4.90 Å². The number of likely N-dealkylation sites (tertiary alicyclic amines) is 1. The minimum absolute atomic E-state index is 0.353. The van der Waals surface area contributed by atoms with Crippen LogP contribution in [-0.4, -0.2) is 36.2 Å². The molecule has 2 heteroatoms. The Morgan fingerprint density at radius 1 is 1.58 bits per heavy atom. The molecule has 1 saturated heterocycles. The van der Waals surface area contributed by atoms with E-state index in [1.807, 2.05) is 0 Å². The maximum atomic E-state index is 8.92. The molecule has 12 heavy (non-hydrogen) atoms. The summed E-state index contributed by atoms with van der Waals surface area (Å²) in [5.41, 5.74) is 1.38. The standard InChI is InChI=1S/C10H19NO/c1-9(2)3-5-11-6-4-10(7-11)8-12/h3,10,12H,4-8H2,1-2H3. The first-order valence-electron chi connectivity index (χ1n) is 4.69. The van der Waals surface area contributed by atoms with Gasteiger partial charge in [-0.2, -0.15) is 0 Å². The molecule has 0 aromatic heterocycles. The molecule has 0 aliphatic carbocycles. The Morgan fingerprint density at radius 2 is 2.33 bits per heavy atom. The van der Waals surface area contributed by atoms with E-state index in [1.165, 1.54) is 5.57 Å². The van der Waals surface area contributed by atoms with Crippen LogP contribution < -0.4 is 0 Å². The quantitative estimate of drug-likeness (QED) is 0.643. The first-order chi connectivity index (χ1) is 5.72. The van der Waals surface area contributed by atoms with Crippen LogP contribution in [0.1, 0.15) is 20.3 Å². The molecule has 1 rings (SSSR count). The normalized spacial score (nSPS) is 24.4. The third-order valence-electron chi connectivity index (χ3n) is 2.39. The summed E-state index contributed by atoms with van der Waals surface area (Å²) in [5, 5.41) is 8.92. The predicted molar refractivity (Wildman–Crippen MR) is 51.1 cm³/mol. The molecular weight excluding hydrogens is 150 g/mol. The zero-order valence-corrected chi connectivity index (χ0v) is 8.08. The number of allylic oxidation sites excluding steroid dienone is 1. The van der Waals surface area contributed by atoms with E-state index >= 15 is 0 Å². The molecule has 1 heterocycles. The first kappa shape index (κ1) is 9.75. The monoisotopic (exact) mass is 169 g/mol. The van der Waals surface area contributed by atoms with E-state index < -0.39 is 0 Å². The average Bonchev–Trinajstić information content (AvgIpc) is 2.48. The lowest BCUT2D eigenvalue weighted by molar-refractivity contribution is 0.225. The van der Waals surface area contributed by atoms with Gasteiger partial charge in [0, 0.05) is 19.7 Å². The van der Waals surface area contributed by atoms with E-state index in [0.717, 1.165) is 26.1 Å². The molecule has 2 nitrogen and oxygen atoms in total. The minimum Gasteiger partial charge on any atom is -0.396 e. The van der Waals surface area contributed by atoms with Crippen molar-refractivity contribution in [3.8, 4) is 0 Å². The van der Waals surface area contributed by atoms with Gasteiger partial charge >= 0.3 is 0 Å². The van der Waals surface area contributed by atoms with E-state index in [0.29, 0.717) is 12.5 Å². The third-order valence-corrected chi connectivity index (χ3v) is 2.39. The van der Waals surface area contributed by atoms with Gasteiger partial charge in [0.1, 0.15) is 0 Å². The van der Waals surface area contributed by atoms with Crippen molar-refractivity contribution in [3.05, 3.63) is 11.6 Å². The Balaban J connectivity index is 2.23. The average molecular weight is 169 g/mol. The maximum Gasteiger partial charge on any atom is 0.0471 e. The molecule has 1 atom stereocenters. The van der Waals surface area contributed by atoms with Crippen molar-refractivity contribution >= 4 is 0 Å². The molecule has 1 unspecified atom stereocenters. The summed E-state index contributed by atoms with van der Waals surface area (Å²) < 4.78 is 0. The molecule has 0 saturated carbocycles. The van der Waals surface area contributed by atoms with Crippen LogP contribution in [0.3, 0.4) is 0 Å². The van der Waals surface area contributed by atoms with Gasteiger partial charge in [0.05, 0.1) is 0 Å². The Labute approximate surface area is 74.9 Å². The summed E-state index contributed by atoms with van der Waals surface area (Å²) >= 11 is 0. The van der Waals surface area contributed by atoms with Gasteiger partial charge in [-0.3, -0.25) is 4.90 Å². The fourth-order valence-electron chi connectivity index (χ4n) is 1.54. The summed E-state index contributed by atoms with van der Waals surface area (Å²) in [7, 11) is 0. The number of nitrogens with zero attached hydrogens (tertiary/aromatic N) is 1. The first-order valence-corrected chi connectivity index (χ1v) is 4.69. The second-order valence-electron chi connectivity index (χ2n) is 3.88. The summed E-state index contributed by atoms with van der Waals surface area (Å²) in [6.45, 7) is 7.87. The van der Waals surface area contributed by atoms with Crippen LogP contribution >= 0.6 is 0 Å². The van der Waals surface area contributed by atoms with E-state index in [1.54, 1.807) is 0 Å². The number of aliphatic hydroxyl groups excluding tert-OH is 1. The van der Waals surface area contributed by atoms with Crippen molar-refractivity contribution < 1.29 is 5.11 Å². The van der Waals surface area contributed by atoms with Crippen molar-refractivity contribution in [1.29, 1.82) is 0 Å². The Hall–Kier alpha value is -0.340. The largest absolute Gasteiger partial charge is 0.396 e. The lowest BCUT2D eigenvalue weighted by Crippen LogP contribution is -2.21. The molecule has 0 aromatic carbocycles. The summed E-state index contributed by atoms with van der Waals surface area (Å²) in [4.78, 5) is 2.40. The van der Waals surface area contributed by atoms with Crippen molar-refractivity contribution in [3.63, 3.8) is 0 Å². The maximum absolute atomic E-state index is 8.92. The second-order valence-corrected chi connectivity index (χ2v) is 3.88. The number of rotatable bonds is 3. The number of hydrogen-bond donors (Lipinski definition) is 1. The topological polar surface area (TPSA) is 23.5 Å². The van der Waals surface area contributed by atoms with E-state index in [2.05, 4.69) is 24.8 Å². The van der Waals surface area contributed by atoms with Crippen LogP contribution in [0.15, 0.2) is 11.6 Å². The van der Waals surface area contributed by atoms with E-state index in [-0.39, 0.29) is 0 Å². The lowest BCUT2D eigenvalue weighted by atomic mass is 10.1. The molecule has 70 valence electrons. The molecular formula is C10H19NO.